The van der Waals surface area contributed by atoms with Crippen molar-refractivity contribution in [3.8, 4) is 0 Å². The van der Waals surface area contributed by atoms with E-state index in [4.69, 9.17) is 0 Å². The van der Waals surface area contributed by atoms with E-state index in [1.54, 1.807) is 20.8 Å². The highest BCUT2D eigenvalue weighted by Gasteiger charge is 2.43. The lowest BCUT2D eigenvalue weighted by molar-refractivity contribution is -0.147. The zero-order valence-electron chi connectivity index (χ0n) is 12.5. The van der Waals surface area contributed by atoms with Crippen LogP contribution in [-0.4, -0.2) is 40.6 Å². The summed E-state index contributed by atoms with van der Waals surface area (Å²) >= 11 is 0. The SMILES string of the molecule is CCCC1(CNC(=O)N(CC)C(C)(C)C(=O)O)CC1. The molecule has 5 heteroatoms. The van der Waals surface area contributed by atoms with Gasteiger partial charge in [0.25, 0.3) is 0 Å². The Kier molecular flexibility index (Phi) is 4.82. The van der Waals surface area contributed by atoms with Crippen molar-refractivity contribution in [3.63, 3.8) is 0 Å². The number of amides is 2. The van der Waals surface area contributed by atoms with Gasteiger partial charge in [0.15, 0.2) is 0 Å². The monoisotopic (exact) mass is 270 g/mol. The minimum atomic E-state index is -1.18. The predicted octanol–water partition coefficient (Wildman–Crippen LogP) is 2.46. The molecular formula is C14H26N2O3. The summed E-state index contributed by atoms with van der Waals surface area (Å²) in [5.74, 6) is -0.987. The van der Waals surface area contributed by atoms with Gasteiger partial charge >= 0.3 is 12.0 Å². The van der Waals surface area contributed by atoms with Gasteiger partial charge in [-0.05, 0) is 45.4 Å². The van der Waals surface area contributed by atoms with Crippen LogP contribution < -0.4 is 5.32 Å². The van der Waals surface area contributed by atoms with Crippen LogP contribution in [0.4, 0.5) is 4.79 Å². The summed E-state index contributed by atoms with van der Waals surface area (Å²) < 4.78 is 0. The van der Waals surface area contributed by atoms with Crippen LogP contribution in [0.2, 0.25) is 0 Å². The number of carbonyl (C=O) groups excluding carboxylic acids is 1. The molecule has 1 aliphatic carbocycles. The molecule has 1 rings (SSSR count). The normalized spacial score (nSPS) is 16.8. The molecule has 19 heavy (non-hydrogen) atoms. The van der Waals surface area contributed by atoms with Crippen molar-refractivity contribution in [2.45, 2.75) is 58.9 Å². The molecule has 2 amide bonds. The maximum absolute atomic E-state index is 12.2. The fraction of sp³-hybridized carbons (Fsp3) is 0.857. The Bertz CT molecular complexity index is 349. The third kappa shape index (κ3) is 3.61. The largest absolute Gasteiger partial charge is 0.480 e. The summed E-state index contributed by atoms with van der Waals surface area (Å²) in [6.45, 7) is 8.09. The number of carboxylic acids is 1. The molecule has 1 fully saturated rings. The van der Waals surface area contributed by atoms with Crippen molar-refractivity contribution in [1.82, 2.24) is 10.2 Å². The number of aliphatic carboxylic acids is 1. The molecule has 0 heterocycles. The quantitative estimate of drug-likeness (QED) is 0.746. The molecule has 0 bridgehead atoms. The minimum Gasteiger partial charge on any atom is -0.480 e. The molecule has 1 saturated carbocycles. The average molecular weight is 270 g/mol. The van der Waals surface area contributed by atoms with E-state index in [1.807, 2.05) is 0 Å². The van der Waals surface area contributed by atoms with Crippen LogP contribution in [0, 0.1) is 5.41 Å². The van der Waals surface area contributed by atoms with Crippen molar-refractivity contribution in [3.05, 3.63) is 0 Å². The molecule has 1 aliphatic rings. The Morgan fingerprint density at radius 2 is 1.89 bits per heavy atom. The summed E-state index contributed by atoms with van der Waals surface area (Å²) in [4.78, 5) is 24.7. The third-order valence-electron chi connectivity index (χ3n) is 4.11. The van der Waals surface area contributed by atoms with Gasteiger partial charge < -0.3 is 15.3 Å². The molecular weight excluding hydrogens is 244 g/mol. The highest BCUT2D eigenvalue weighted by Crippen LogP contribution is 2.48. The van der Waals surface area contributed by atoms with E-state index in [2.05, 4.69) is 12.2 Å². The number of hydrogen-bond donors (Lipinski definition) is 2. The number of carbonyl (C=O) groups is 2. The molecule has 0 aromatic rings. The Hall–Kier alpha value is -1.26. The standard InChI is InChI=1S/C14H26N2O3/c1-5-7-14(8-9-14)10-15-12(19)16(6-2)13(3,4)11(17)18/h5-10H2,1-4H3,(H,15,19)(H,17,18). The van der Waals surface area contributed by atoms with E-state index in [-0.39, 0.29) is 11.4 Å². The van der Waals surface area contributed by atoms with Gasteiger partial charge in [-0.15, -0.1) is 0 Å². The second-order valence-corrected chi connectivity index (χ2v) is 6.02. The minimum absolute atomic E-state index is 0.275. The van der Waals surface area contributed by atoms with Crippen molar-refractivity contribution in [2.75, 3.05) is 13.1 Å². The Morgan fingerprint density at radius 1 is 1.32 bits per heavy atom. The smallest absolute Gasteiger partial charge is 0.329 e. The molecule has 0 spiro atoms. The number of rotatable bonds is 7. The molecule has 0 radical (unpaired) electrons. The topological polar surface area (TPSA) is 69.6 Å². The van der Waals surface area contributed by atoms with E-state index in [1.165, 1.54) is 4.90 Å². The Balaban J connectivity index is 2.58. The molecule has 0 aliphatic heterocycles. The highest BCUT2D eigenvalue weighted by molar-refractivity contribution is 5.85. The molecule has 5 nitrogen and oxygen atoms in total. The van der Waals surface area contributed by atoms with Gasteiger partial charge in [0.05, 0.1) is 0 Å². The number of urea groups is 1. The van der Waals surface area contributed by atoms with E-state index >= 15 is 0 Å². The summed E-state index contributed by atoms with van der Waals surface area (Å²) in [5, 5.41) is 12.1. The fourth-order valence-corrected chi connectivity index (χ4v) is 2.49. The number of carboxylic acid groups (broad SMARTS) is 1. The van der Waals surface area contributed by atoms with Crippen LogP contribution in [0.25, 0.3) is 0 Å². The highest BCUT2D eigenvalue weighted by atomic mass is 16.4. The molecule has 0 aromatic heterocycles. The van der Waals surface area contributed by atoms with Crippen LogP contribution in [0.3, 0.4) is 0 Å². The first kappa shape index (κ1) is 15.8. The second kappa shape index (κ2) is 5.80. The van der Waals surface area contributed by atoms with Crippen molar-refractivity contribution < 1.29 is 14.7 Å². The van der Waals surface area contributed by atoms with Crippen molar-refractivity contribution in [2.24, 2.45) is 5.41 Å². The zero-order chi connectivity index (χ0) is 14.7. The summed E-state index contributed by atoms with van der Waals surface area (Å²) in [5.41, 5.74) is -0.905. The molecule has 0 unspecified atom stereocenters. The zero-order valence-corrected chi connectivity index (χ0v) is 12.5. The number of nitrogens with one attached hydrogen (secondary N) is 1. The summed E-state index contributed by atoms with van der Waals surface area (Å²) in [7, 11) is 0. The first-order valence-corrected chi connectivity index (χ1v) is 7.08. The van der Waals surface area contributed by atoms with Gasteiger partial charge in [-0.2, -0.15) is 0 Å². The van der Waals surface area contributed by atoms with E-state index in [0.717, 1.165) is 25.7 Å². The van der Waals surface area contributed by atoms with Crippen LogP contribution in [0.15, 0.2) is 0 Å². The van der Waals surface area contributed by atoms with Crippen LogP contribution in [-0.2, 0) is 4.79 Å². The average Bonchev–Trinajstić information content (AvgIpc) is 3.08. The molecule has 0 aromatic carbocycles. The maximum atomic E-state index is 12.2. The van der Waals surface area contributed by atoms with E-state index in [9.17, 15) is 14.7 Å². The third-order valence-corrected chi connectivity index (χ3v) is 4.11. The van der Waals surface area contributed by atoms with Crippen molar-refractivity contribution >= 4 is 12.0 Å². The lowest BCUT2D eigenvalue weighted by Crippen LogP contribution is -2.56. The van der Waals surface area contributed by atoms with Crippen LogP contribution in [0.5, 0.6) is 0 Å². The number of nitrogens with zero attached hydrogens (tertiary/aromatic N) is 1. The lowest BCUT2D eigenvalue weighted by Gasteiger charge is -2.34. The summed E-state index contributed by atoms with van der Waals surface area (Å²) in [6.07, 6.45) is 4.57. The molecule has 2 N–H and O–H groups in total. The van der Waals surface area contributed by atoms with Crippen LogP contribution in [0.1, 0.15) is 53.4 Å². The van der Waals surface area contributed by atoms with Gasteiger partial charge in [-0.1, -0.05) is 13.3 Å². The van der Waals surface area contributed by atoms with E-state index in [0.29, 0.717) is 13.1 Å². The number of hydrogen-bond acceptors (Lipinski definition) is 2. The van der Waals surface area contributed by atoms with E-state index < -0.39 is 11.5 Å². The second-order valence-electron chi connectivity index (χ2n) is 6.02. The first-order chi connectivity index (χ1) is 8.79. The Morgan fingerprint density at radius 3 is 2.26 bits per heavy atom. The van der Waals surface area contributed by atoms with Gasteiger partial charge in [0.2, 0.25) is 0 Å². The maximum Gasteiger partial charge on any atom is 0.329 e. The van der Waals surface area contributed by atoms with Gasteiger partial charge in [0.1, 0.15) is 5.54 Å². The van der Waals surface area contributed by atoms with Gasteiger partial charge in [0, 0.05) is 13.1 Å². The van der Waals surface area contributed by atoms with Crippen molar-refractivity contribution in [1.29, 1.82) is 0 Å². The predicted molar refractivity (Wildman–Crippen MR) is 74.1 cm³/mol. The summed E-state index contributed by atoms with van der Waals surface area (Å²) in [6, 6.07) is -0.280. The molecule has 0 saturated heterocycles. The lowest BCUT2D eigenvalue weighted by atomic mass is 10.0. The van der Waals surface area contributed by atoms with Gasteiger partial charge in [-0.3, -0.25) is 0 Å². The fourth-order valence-electron chi connectivity index (χ4n) is 2.49. The molecule has 110 valence electrons. The number of likely N-dealkylation sites (N-methyl/N-ethyl adjacent to an activating group) is 1. The molecule has 0 atom stereocenters. The van der Waals surface area contributed by atoms with Crippen LogP contribution >= 0.6 is 0 Å². The Labute approximate surface area is 115 Å². The first-order valence-electron chi connectivity index (χ1n) is 7.08. The van der Waals surface area contributed by atoms with Gasteiger partial charge in [-0.25, -0.2) is 9.59 Å².